The van der Waals surface area contributed by atoms with Gasteiger partial charge in [0.25, 0.3) is 0 Å². The number of carbonyl (C=O) groups excluding carboxylic acids is 1. The number of hydrogen-bond donors (Lipinski definition) is 2. The summed E-state index contributed by atoms with van der Waals surface area (Å²) in [5, 5.41) is 9.95. The highest BCUT2D eigenvalue weighted by atomic mass is 32.2. The fraction of sp³-hybridized carbons (Fsp3) is 0.143. The standard InChI is InChI=1S/C28H25FN6O3S/c1-18-15-20(8-9-23(18)29)26-27(35-25(34-26)7-4-12-32-35)21-11-14-30-24(17-21)33-28(36)31-13-10-19-5-3-6-22(16-19)39(2,37)38/h3-9,11-12,14-17H,10,13H2,1-2H3,(H2,30,31,33,36). The van der Waals surface area contributed by atoms with E-state index in [1.165, 1.54) is 6.07 Å². The van der Waals surface area contributed by atoms with E-state index in [0.717, 1.165) is 17.4 Å². The molecular weight excluding hydrogens is 519 g/mol. The normalized spacial score (nSPS) is 11.5. The number of rotatable bonds is 7. The first-order valence-corrected chi connectivity index (χ1v) is 14.0. The number of aromatic nitrogens is 4. The monoisotopic (exact) mass is 544 g/mol. The number of amides is 2. The summed E-state index contributed by atoms with van der Waals surface area (Å²) in [6, 6.07) is 18.1. The van der Waals surface area contributed by atoms with Crippen LogP contribution in [0.5, 0.6) is 0 Å². The summed E-state index contributed by atoms with van der Waals surface area (Å²) >= 11 is 0. The Balaban J connectivity index is 1.35. The van der Waals surface area contributed by atoms with Gasteiger partial charge in [0.05, 0.1) is 10.6 Å². The van der Waals surface area contributed by atoms with E-state index >= 15 is 0 Å². The Kier molecular flexibility index (Phi) is 7.07. The average Bonchev–Trinajstić information content (AvgIpc) is 3.30. The van der Waals surface area contributed by atoms with Gasteiger partial charge in [0.2, 0.25) is 0 Å². The predicted molar refractivity (Wildman–Crippen MR) is 147 cm³/mol. The van der Waals surface area contributed by atoms with Crippen molar-refractivity contribution in [3.63, 3.8) is 0 Å². The highest BCUT2D eigenvalue weighted by molar-refractivity contribution is 7.90. The molecule has 198 valence electrons. The first-order valence-electron chi connectivity index (χ1n) is 12.1. The Morgan fingerprint density at radius 2 is 1.85 bits per heavy atom. The van der Waals surface area contributed by atoms with E-state index in [4.69, 9.17) is 4.98 Å². The number of imidazole rings is 1. The molecule has 3 heterocycles. The molecule has 0 spiro atoms. The third-order valence-electron chi connectivity index (χ3n) is 6.13. The lowest BCUT2D eigenvalue weighted by atomic mass is 10.0. The third kappa shape index (κ3) is 5.78. The second-order valence-corrected chi connectivity index (χ2v) is 11.1. The average molecular weight is 545 g/mol. The van der Waals surface area contributed by atoms with E-state index in [0.29, 0.717) is 46.9 Å². The van der Waals surface area contributed by atoms with Crippen molar-refractivity contribution in [2.45, 2.75) is 18.2 Å². The summed E-state index contributed by atoms with van der Waals surface area (Å²) in [4.78, 5) is 21.8. The van der Waals surface area contributed by atoms with E-state index < -0.39 is 15.9 Å². The predicted octanol–water partition coefficient (Wildman–Crippen LogP) is 4.67. The number of urea groups is 1. The first kappa shape index (κ1) is 26.0. The van der Waals surface area contributed by atoms with Crippen LogP contribution in [0.4, 0.5) is 15.0 Å². The molecule has 0 saturated carbocycles. The van der Waals surface area contributed by atoms with Gasteiger partial charge in [-0.3, -0.25) is 5.32 Å². The molecule has 3 aromatic heterocycles. The van der Waals surface area contributed by atoms with Crippen LogP contribution in [-0.2, 0) is 16.3 Å². The van der Waals surface area contributed by atoms with Gasteiger partial charge in [-0.05, 0) is 79.1 Å². The minimum atomic E-state index is -3.30. The molecule has 5 rings (SSSR count). The minimum Gasteiger partial charge on any atom is -0.337 e. The van der Waals surface area contributed by atoms with Gasteiger partial charge < -0.3 is 5.32 Å². The zero-order valence-corrected chi connectivity index (χ0v) is 22.0. The fourth-order valence-corrected chi connectivity index (χ4v) is 4.89. The van der Waals surface area contributed by atoms with Crippen LogP contribution in [0.3, 0.4) is 0 Å². The zero-order chi connectivity index (χ0) is 27.6. The molecule has 9 nitrogen and oxygen atoms in total. The van der Waals surface area contributed by atoms with E-state index in [9.17, 15) is 17.6 Å². The number of anilines is 1. The number of benzene rings is 2. The molecule has 0 fully saturated rings. The highest BCUT2D eigenvalue weighted by Crippen LogP contribution is 2.33. The van der Waals surface area contributed by atoms with E-state index in [1.54, 1.807) is 72.4 Å². The van der Waals surface area contributed by atoms with E-state index in [1.807, 2.05) is 12.1 Å². The lowest BCUT2D eigenvalue weighted by molar-refractivity contribution is 0.252. The molecule has 2 N–H and O–H groups in total. The van der Waals surface area contributed by atoms with Crippen LogP contribution in [0, 0.1) is 12.7 Å². The van der Waals surface area contributed by atoms with Crippen molar-refractivity contribution in [1.82, 2.24) is 24.9 Å². The third-order valence-corrected chi connectivity index (χ3v) is 7.24. The Hall–Kier alpha value is -4.64. The molecule has 2 amide bonds. The number of hydrogen-bond acceptors (Lipinski definition) is 6. The molecule has 0 radical (unpaired) electrons. The van der Waals surface area contributed by atoms with Gasteiger partial charge in [-0.1, -0.05) is 12.1 Å². The Bertz CT molecular complexity index is 1800. The molecule has 0 saturated heterocycles. The van der Waals surface area contributed by atoms with Crippen molar-refractivity contribution in [1.29, 1.82) is 0 Å². The van der Waals surface area contributed by atoms with Crippen LogP contribution in [-0.4, -0.2) is 46.8 Å². The minimum absolute atomic E-state index is 0.238. The van der Waals surface area contributed by atoms with Crippen molar-refractivity contribution in [3.05, 3.63) is 96.1 Å². The quantitative estimate of drug-likeness (QED) is 0.307. The maximum absolute atomic E-state index is 14.0. The molecule has 0 aliphatic rings. The first-order chi connectivity index (χ1) is 18.7. The number of fused-ring (bicyclic) bond motifs is 1. The molecule has 0 bridgehead atoms. The van der Waals surface area contributed by atoms with Crippen LogP contribution in [0.25, 0.3) is 28.2 Å². The Labute approximate surface area is 224 Å². The van der Waals surface area contributed by atoms with Crippen molar-refractivity contribution < 1.29 is 17.6 Å². The highest BCUT2D eigenvalue weighted by Gasteiger charge is 2.18. The molecule has 5 aromatic rings. The fourth-order valence-electron chi connectivity index (χ4n) is 4.20. The number of pyridine rings is 1. The van der Waals surface area contributed by atoms with Crippen molar-refractivity contribution in [3.8, 4) is 22.5 Å². The van der Waals surface area contributed by atoms with Crippen molar-refractivity contribution in [2.24, 2.45) is 0 Å². The summed E-state index contributed by atoms with van der Waals surface area (Å²) in [6.45, 7) is 1.99. The van der Waals surface area contributed by atoms with Gasteiger partial charge in [0.15, 0.2) is 15.5 Å². The van der Waals surface area contributed by atoms with Crippen LogP contribution in [0.2, 0.25) is 0 Å². The van der Waals surface area contributed by atoms with Gasteiger partial charge in [0, 0.05) is 36.3 Å². The summed E-state index contributed by atoms with van der Waals surface area (Å²) in [5.74, 6) is 0.0166. The van der Waals surface area contributed by atoms with Gasteiger partial charge in [-0.25, -0.2) is 32.1 Å². The lowest BCUT2D eigenvalue weighted by Crippen LogP contribution is -2.30. The molecule has 0 aliphatic carbocycles. The molecular formula is C28H25FN6O3S. The molecule has 11 heteroatoms. The van der Waals surface area contributed by atoms with E-state index in [-0.39, 0.29) is 10.7 Å². The van der Waals surface area contributed by atoms with Crippen LogP contribution in [0.15, 0.2) is 84.0 Å². The number of nitrogens with zero attached hydrogens (tertiary/aromatic N) is 4. The Morgan fingerprint density at radius 3 is 2.64 bits per heavy atom. The summed E-state index contributed by atoms with van der Waals surface area (Å²) in [5.41, 5.74) is 4.65. The molecule has 0 atom stereocenters. The van der Waals surface area contributed by atoms with Crippen LogP contribution >= 0.6 is 0 Å². The largest absolute Gasteiger partial charge is 0.337 e. The summed E-state index contributed by atoms with van der Waals surface area (Å²) < 4.78 is 39.2. The maximum atomic E-state index is 14.0. The zero-order valence-electron chi connectivity index (χ0n) is 21.2. The summed E-state index contributed by atoms with van der Waals surface area (Å²) in [6.07, 6.45) is 4.84. The van der Waals surface area contributed by atoms with Crippen molar-refractivity contribution in [2.75, 3.05) is 18.1 Å². The van der Waals surface area contributed by atoms with Gasteiger partial charge in [0.1, 0.15) is 17.3 Å². The van der Waals surface area contributed by atoms with E-state index in [2.05, 4.69) is 20.7 Å². The smallest absolute Gasteiger partial charge is 0.320 e. The number of carbonyl (C=O) groups is 1. The second-order valence-electron chi connectivity index (χ2n) is 9.05. The second kappa shape index (κ2) is 10.6. The van der Waals surface area contributed by atoms with Crippen LogP contribution in [0.1, 0.15) is 11.1 Å². The maximum Gasteiger partial charge on any atom is 0.320 e. The summed E-state index contributed by atoms with van der Waals surface area (Å²) in [7, 11) is -3.30. The molecule has 0 unspecified atom stereocenters. The number of nitrogens with one attached hydrogen (secondary N) is 2. The molecule has 2 aromatic carbocycles. The van der Waals surface area contributed by atoms with Gasteiger partial charge in [-0.15, -0.1) is 0 Å². The lowest BCUT2D eigenvalue weighted by Gasteiger charge is -2.10. The number of halogens is 1. The van der Waals surface area contributed by atoms with Crippen molar-refractivity contribution >= 4 is 27.3 Å². The van der Waals surface area contributed by atoms with Crippen LogP contribution < -0.4 is 10.6 Å². The number of sulfone groups is 1. The number of aryl methyl sites for hydroxylation is 1. The SMILES string of the molecule is Cc1cc(-c2nc3cccnn3c2-c2ccnc(NC(=O)NCCc3cccc(S(C)(=O)=O)c3)c2)ccc1F. The molecule has 0 aliphatic heterocycles. The topological polar surface area (TPSA) is 118 Å². The van der Waals surface area contributed by atoms with Gasteiger partial charge in [-0.2, -0.15) is 5.10 Å². The van der Waals surface area contributed by atoms with Gasteiger partial charge >= 0.3 is 6.03 Å². The molecule has 39 heavy (non-hydrogen) atoms. The Morgan fingerprint density at radius 1 is 1.00 bits per heavy atom.